The Bertz CT molecular complexity index is 935. The zero-order chi connectivity index (χ0) is 19.5. The molecular weight excluding hydrogens is 366 g/mol. The Balaban J connectivity index is 1.85. The summed E-state index contributed by atoms with van der Waals surface area (Å²) in [6.07, 6.45) is 2.36. The highest BCUT2D eigenvalue weighted by Gasteiger charge is 2.38. The summed E-state index contributed by atoms with van der Waals surface area (Å²) in [7, 11) is 0. The molecule has 1 aliphatic heterocycles. The van der Waals surface area contributed by atoms with E-state index in [9.17, 15) is 0 Å². The average Bonchev–Trinajstić information content (AvgIpc) is 3.08. The largest absolute Gasteiger partial charge is 0.493 e. The molecule has 0 radical (unpaired) electrons. The van der Waals surface area contributed by atoms with Crippen LogP contribution in [0.4, 0.5) is 5.69 Å². The van der Waals surface area contributed by atoms with Crippen molar-refractivity contribution in [1.82, 2.24) is 0 Å². The highest BCUT2D eigenvalue weighted by molar-refractivity contribution is 6.30. The predicted molar refractivity (Wildman–Crippen MR) is 117 cm³/mol. The van der Waals surface area contributed by atoms with Gasteiger partial charge in [-0.25, -0.2) is 0 Å². The van der Waals surface area contributed by atoms with E-state index in [1.54, 1.807) is 0 Å². The van der Waals surface area contributed by atoms with Crippen molar-refractivity contribution < 1.29 is 4.74 Å². The van der Waals surface area contributed by atoms with Crippen molar-refractivity contribution in [2.24, 2.45) is 0 Å². The number of rotatable bonds is 5. The second kappa shape index (κ2) is 8.12. The van der Waals surface area contributed by atoms with Gasteiger partial charge in [-0.2, -0.15) is 0 Å². The van der Waals surface area contributed by atoms with Gasteiger partial charge in [0.25, 0.3) is 0 Å². The number of ether oxygens (including phenoxy) is 1. The fourth-order valence-electron chi connectivity index (χ4n) is 3.79. The number of benzene rings is 3. The minimum absolute atomic E-state index is 0.00715. The van der Waals surface area contributed by atoms with Gasteiger partial charge in [-0.3, -0.25) is 0 Å². The highest BCUT2D eigenvalue weighted by Crippen LogP contribution is 2.47. The van der Waals surface area contributed by atoms with E-state index in [0.29, 0.717) is 0 Å². The highest BCUT2D eigenvalue weighted by atomic mass is 35.5. The first kappa shape index (κ1) is 18.6. The van der Waals surface area contributed by atoms with Crippen LogP contribution in [0.5, 0.6) is 0 Å². The van der Waals surface area contributed by atoms with Crippen LogP contribution in [-0.2, 0) is 4.74 Å². The minimum atomic E-state index is -0.00715. The summed E-state index contributed by atoms with van der Waals surface area (Å²) in [5, 5.41) is 0.739. The maximum Gasteiger partial charge on any atom is 0.122 e. The van der Waals surface area contributed by atoms with E-state index in [1.807, 2.05) is 18.2 Å². The zero-order valence-corrected chi connectivity index (χ0v) is 16.9. The van der Waals surface area contributed by atoms with Crippen LogP contribution < -0.4 is 4.90 Å². The Kier molecular flexibility index (Phi) is 5.40. The van der Waals surface area contributed by atoms with Gasteiger partial charge in [-0.1, -0.05) is 72.3 Å². The van der Waals surface area contributed by atoms with Gasteiger partial charge in [0, 0.05) is 10.7 Å². The summed E-state index contributed by atoms with van der Waals surface area (Å²) < 4.78 is 6.30. The molecule has 1 aliphatic rings. The molecule has 0 fully saturated rings. The van der Waals surface area contributed by atoms with Crippen LogP contribution in [0.15, 0.2) is 96.8 Å². The van der Waals surface area contributed by atoms with Crippen LogP contribution in [0.3, 0.4) is 0 Å². The van der Waals surface area contributed by atoms with E-state index in [1.165, 1.54) is 11.1 Å². The third-order valence-corrected chi connectivity index (χ3v) is 5.17. The van der Waals surface area contributed by atoms with Crippen molar-refractivity contribution in [3.8, 4) is 0 Å². The molecule has 1 heterocycles. The molecule has 0 aromatic heterocycles. The lowest BCUT2D eigenvalue weighted by molar-refractivity contribution is 0.136. The molecule has 28 heavy (non-hydrogen) atoms. The molecule has 2 nitrogen and oxygen atoms in total. The van der Waals surface area contributed by atoms with Gasteiger partial charge in [0.05, 0.1) is 12.1 Å². The standard InChI is InChI=1S/C25H24ClNO/c1-18(2)28-24-17-23(19-9-5-3-6-10-19)27(22-11-7-4-8-12-22)25(24)20-13-15-21(26)16-14-20/h3-18,23,25H,1-2H3/t23-,25+/m1/s1. The second-order valence-corrected chi connectivity index (χ2v) is 7.72. The molecule has 0 saturated carbocycles. The van der Waals surface area contributed by atoms with Crippen LogP contribution in [-0.4, -0.2) is 6.10 Å². The Hall–Kier alpha value is -2.71. The maximum absolute atomic E-state index is 6.30. The van der Waals surface area contributed by atoms with Crippen LogP contribution >= 0.6 is 11.6 Å². The fourth-order valence-corrected chi connectivity index (χ4v) is 3.91. The van der Waals surface area contributed by atoms with Crippen LogP contribution in [0, 0.1) is 0 Å². The third kappa shape index (κ3) is 3.79. The van der Waals surface area contributed by atoms with E-state index >= 15 is 0 Å². The maximum atomic E-state index is 6.30. The van der Waals surface area contributed by atoms with Gasteiger partial charge < -0.3 is 9.64 Å². The van der Waals surface area contributed by atoms with Gasteiger partial charge >= 0.3 is 0 Å². The van der Waals surface area contributed by atoms with Crippen LogP contribution in [0.2, 0.25) is 5.02 Å². The summed E-state index contributed by atoms with van der Waals surface area (Å²) in [6.45, 7) is 4.14. The zero-order valence-electron chi connectivity index (χ0n) is 16.1. The first-order valence-electron chi connectivity index (χ1n) is 9.65. The molecule has 0 N–H and O–H groups in total. The minimum Gasteiger partial charge on any atom is -0.493 e. The normalized spacial score (nSPS) is 19.0. The molecule has 4 rings (SSSR count). The van der Waals surface area contributed by atoms with E-state index in [0.717, 1.165) is 16.5 Å². The number of para-hydroxylation sites is 1. The van der Waals surface area contributed by atoms with Crippen molar-refractivity contribution in [3.63, 3.8) is 0 Å². The molecule has 0 unspecified atom stereocenters. The van der Waals surface area contributed by atoms with Gasteiger partial charge in [-0.15, -0.1) is 0 Å². The van der Waals surface area contributed by atoms with Crippen LogP contribution in [0.1, 0.15) is 37.1 Å². The Labute approximate surface area is 172 Å². The molecule has 3 heteroatoms. The lowest BCUT2D eigenvalue weighted by Gasteiger charge is -2.34. The molecule has 3 aromatic rings. The van der Waals surface area contributed by atoms with E-state index in [2.05, 4.69) is 91.6 Å². The lowest BCUT2D eigenvalue weighted by Crippen LogP contribution is -2.28. The van der Waals surface area contributed by atoms with Crippen molar-refractivity contribution in [3.05, 3.63) is 113 Å². The first-order chi connectivity index (χ1) is 13.6. The lowest BCUT2D eigenvalue weighted by atomic mass is 10.0. The van der Waals surface area contributed by atoms with Gasteiger partial charge in [0.1, 0.15) is 11.8 Å². The molecule has 0 spiro atoms. The summed E-state index contributed by atoms with van der Waals surface area (Å²) in [6, 6.07) is 29.3. The average molecular weight is 390 g/mol. The molecule has 3 aromatic carbocycles. The summed E-state index contributed by atoms with van der Waals surface area (Å²) in [5.41, 5.74) is 3.57. The Morgan fingerprint density at radius 3 is 2.00 bits per heavy atom. The van der Waals surface area contributed by atoms with E-state index in [4.69, 9.17) is 16.3 Å². The van der Waals surface area contributed by atoms with Crippen molar-refractivity contribution >= 4 is 17.3 Å². The van der Waals surface area contributed by atoms with Crippen molar-refractivity contribution in [2.45, 2.75) is 32.0 Å². The molecule has 142 valence electrons. The van der Waals surface area contributed by atoms with E-state index in [-0.39, 0.29) is 18.2 Å². The van der Waals surface area contributed by atoms with Crippen molar-refractivity contribution in [1.29, 1.82) is 0 Å². The monoisotopic (exact) mass is 389 g/mol. The number of anilines is 1. The molecule has 0 saturated heterocycles. The molecule has 0 amide bonds. The fraction of sp³-hybridized carbons (Fsp3) is 0.200. The molecular formula is C25H24ClNO. The third-order valence-electron chi connectivity index (χ3n) is 4.92. The molecule has 2 atom stereocenters. The SMILES string of the molecule is CC(C)OC1=C[C@H](c2ccccc2)N(c2ccccc2)[C@H]1c1ccc(Cl)cc1. The summed E-state index contributed by atoms with van der Waals surface area (Å²) >= 11 is 6.16. The number of hydrogen-bond acceptors (Lipinski definition) is 2. The number of halogens is 1. The smallest absolute Gasteiger partial charge is 0.122 e. The van der Waals surface area contributed by atoms with Gasteiger partial charge in [-0.05, 0) is 55.3 Å². The van der Waals surface area contributed by atoms with Gasteiger partial charge in [0.15, 0.2) is 0 Å². The Morgan fingerprint density at radius 1 is 0.786 bits per heavy atom. The molecule has 0 aliphatic carbocycles. The molecule has 0 bridgehead atoms. The van der Waals surface area contributed by atoms with Crippen LogP contribution in [0.25, 0.3) is 0 Å². The first-order valence-corrected chi connectivity index (χ1v) is 10.0. The predicted octanol–water partition coefficient (Wildman–Crippen LogP) is 6.95. The summed E-state index contributed by atoms with van der Waals surface area (Å²) in [5.74, 6) is 0.982. The second-order valence-electron chi connectivity index (χ2n) is 7.29. The number of nitrogens with zero attached hydrogens (tertiary/aromatic N) is 1. The summed E-state index contributed by atoms with van der Waals surface area (Å²) in [4.78, 5) is 2.43. The Morgan fingerprint density at radius 2 is 1.39 bits per heavy atom. The topological polar surface area (TPSA) is 12.5 Å². The van der Waals surface area contributed by atoms with E-state index < -0.39 is 0 Å². The number of hydrogen-bond donors (Lipinski definition) is 0. The quantitative estimate of drug-likeness (QED) is 0.468. The van der Waals surface area contributed by atoms with Gasteiger partial charge in [0.2, 0.25) is 0 Å². The van der Waals surface area contributed by atoms with Crippen molar-refractivity contribution in [2.75, 3.05) is 4.90 Å².